The van der Waals surface area contributed by atoms with E-state index in [9.17, 15) is 4.79 Å². The topological polar surface area (TPSA) is 66.3 Å². The molecule has 1 unspecified atom stereocenters. The summed E-state index contributed by atoms with van der Waals surface area (Å²) in [7, 11) is 0. The highest BCUT2D eigenvalue weighted by Crippen LogP contribution is 2.30. The minimum absolute atomic E-state index is 0.0376. The third kappa shape index (κ3) is 2.97. The fourth-order valence-corrected chi connectivity index (χ4v) is 2.79. The Morgan fingerprint density at radius 2 is 2.19 bits per heavy atom. The molecule has 0 aliphatic carbocycles. The van der Waals surface area contributed by atoms with Crippen molar-refractivity contribution in [3.63, 3.8) is 0 Å². The van der Waals surface area contributed by atoms with Crippen LogP contribution in [0.25, 0.3) is 0 Å². The van der Waals surface area contributed by atoms with Crippen LogP contribution in [0.5, 0.6) is 0 Å². The van der Waals surface area contributed by atoms with E-state index in [2.05, 4.69) is 20.9 Å². The largest absolute Gasteiger partial charge is 0.476 e. The molecule has 108 valence electrons. The van der Waals surface area contributed by atoms with E-state index in [0.29, 0.717) is 11.7 Å². The second-order valence-corrected chi connectivity index (χ2v) is 5.49. The molecule has 1 aromatic heterocycles. The Kier molecular flexibility index (Phi) is 3.75. The lowest BCUT2D eigenvalue weighted by Gasteiger charge is -2.17. The molecule has 0 spiro atoms. The fourth-order valence-electron chi connectivity index (χ4n) is 2.60. The molecule has 0 amide bonds. The van der Waals surface area contributed by atoms with Gasteiger partial charge >= 0.3 is 5.97 Å². The Labute approximate surface area is 127 Å². The first-order valence-electron chi connectivity index (χ1n) is 6.69. The number of anilines is 1. The number of benzene rings is 1. The molecule has 5 nitrogen and oxygen atoms in total. The number of rotatable bonds is 3. The average Bonchev–Trinajstić information content (AvgIpc) is 2.97. The van der Waals surface area contributed by atoms with Crippen molar-refractivity contribution in [2.45, 2.75) is 12.3 Å². The molecule has 21 heavy (non-hydrogen) atoms. The number of nitrogens with zero attached hydrogens (tertiary/aromatic N) is 3. The van der Waals surface area contributed by atoms with Gasteiger partial charge in [0.2, 0.25) is 0 Å². The van der Waals surface area contributed by atoms with E-state index in [4.69, 9.17) is 16.7 Å². The highest BCUT2D eigenvalue weighted by molar-refractivity contribution is 6.30. The fraction of sp³-hybridized carbons (Fsp3) is 0.267. The van der Waals surface area contributed by atoms with Gasteiger partial charge in [0.15, 0.2) is 5.69 Å². The number of aromatic carboxylic acids is 1. The number of carbonyl (C=O) groups is 1. The standard InChI is InChI=1S/C15H14ClN3O2/c16-12-3-1-2-10(6-12)11-4-5-19(9-11)14-8-17-13(7-18-14)15(20)21/h1-3,6-8,11H,4-5,9H2,(H,20,21). The first-order valence-corrected chi connectivity index (χ1v) is 7.07. The van der Waals surface area contributed by atoms with Crippen molar-refractivity contribution in [1.82, 2.24) is 9.97 Å². The van der Waals surface area contributed by atoms with Crippen molar-refractivity contribution in [2.24, 2.45) is 0 Å². The zero-order valence-electron chi connectivity index (χ0n) is 11.2. The highest BCUT2D eigenvalue weighted by Gasteiger charge is 2.25. The van der Waals surface area contributed by atoms with Crippen LogP contribution >= 0.6 is 11.6 Å². The molecule has 1 atom stereocenters. The zero-order chi connectivity index (χ0) is 14.8. The predicted octanol–water partition coefficient (Wildman–Crippen LogP) is 2.82. The second kappa shape index (κ2) is 5.69. The van der Waals surface area contributed by atoms with Crippen molar-refractivity contribution in [3.05, 3.63) is 52.9 Å². The molecule has 1 aromatic carbocycles. The molecular formula is C15H14ClN3O2. The Hall–Kier alpha value is -2.14. The summed E-state index contributed by atoms with van der Waals surface area (Å²) in [5, 5.41) is 9.58. The first-order chi connectivity index (χ1) is 10.1. The van der Waals surface area contributed by atoms with E-state index in [0.717, 1.165) is 24.5 Å². The lowest BCUT2D eigenvalue weighted by Crippen LogP contribution is -2.21. The maximum absolute atomic E-state index is 10.8. The van der Waals surface area contributed by atoms with Crippen molar-refractivity contribution in [1.29, 1.82) is 0 Å². The van der Waals surface area contributed by atoms with Gasteiger partial charge in [-0.15, -0.1) is 0 Å². The van der Waals surface area contributed by atoms with E-state index in [-0.39, 0.29) is 5.69 Å². The zero-order valence-corrected chi connectivity index (χ0v) is 12.0. The SMILES string of the molecule is O=C(O)c1cnc(N2CCC(c3cccc(Cl)c3)C2)cn1. The summed E-state index contributed by atoms with van der Waals surface area (Å²) >= 11 is 6.03. The van der Waals surface area contributed by atoms with E-state index in [1.165, 1.54) is 18.0 Å². The summed E-state index contributed by atoms with van der Waals surface area (Å²) in [6.45, 7) is 1.71. The molecule has 1 fully saturated rings. The van der Waals surface area contributed by atoms with Crippen LogP contribution in [0, 0.1) is 0 Å². The van der Waals surface area contributed by atoms with Crippen LogP contribution in [-0.4, -0.2) is 34.1 Å². The van der Waals surface area contributed by atoms with Crippen molar-refractivity contribution >= 4 is 23.4 Å². The van der Waals surface area contributed by atoms with Gasteiger partial charge in [-0.2, -0.15) is 0 Å². The molecule has 0 saturated carbocycles. The molecule has 2 heterocycles. The molecule has 6 heteroatoms. The van der Waals surface area contributed by atoms with E-state index in [1.54, 1.807) is 0 Å². The average molecular weight is 304 g/mol. The number of aromatic nitrogens is 2. The van der Waals surface area contributed by atoms with Gasteiger partial charge in [0.1, 0.15) is 5.82 Å². The van der Waals surface area contributed by atoms with Gasteiger partial charge in [-0.25, -0.2) is 14.8 Å². The highest BCUT2D eigenvalue weighted by atomic mass is 35.5. The van der Waals surface area contributed by atoms with Gasteiger partial charge < -0.3 is 10.0 Å². The van der Waals surface area contributed by atoms with Crippen LogP contribution < -0.4 is 4.90 Å². The number of carboxylic acid groups (broad SMARTS) is 1. The monoisotopic (exact) mass is 303 g/mol. The maximum Gasteiger partial charge on any atom is 0.356 e. The van der Waals surface area contributed by atoms with E-state index < -0.39 is 5.97 Å². The van der Waals surface area contributed by atoms with Crippen LogP contribution in [-0.2, 0) is 0 Å². The van der Waals surface area contributed by atoms with Crippen molar-refractivity contribution < 1.29 is 9.90 Å². The van der Waals surface area contributed by atoms with Gasteiger partial charge in [0, 0.05) is 24.0 Å². The van der Waals surface area contributed by atoms with E-state index >= 15 is 0 Å². The summed E-state index contributed by atoms with van der Waals surface area (Å²) in [4.78, 5) is 21.0. The molecule has 1 saturated heterocycles. The number of carboxylic acids is 1. The van der Waals surface area contributed by atoms with Crippen LogP contribution in [0.4, 0.5) is 5.82 Å². The number of halogens is 1. The van der Waals surface area contributed by atoms with Crippen molar-refractivity contribution in [2.75, 3.05) is 18.0 Å². The Morgan fingerprint density at radius 1 is 1.33 bits per heavy atom. The Balaban J connectivity index is 1.73. The maximum atomic E-state index is 10.8. The smallest absolute Gasteiger partial charge is 0.356 e. The van der Waals surface area contributed by atoms with Crippen LogP contribution in [0.1, 0.15) is 28.4 Å². The number of hydrogen-bond acceptors (Lipinski definition) is 4. The number of hydrogen-bond donors (Lipinski definition) is 1. The Morgan fingerprint density at radius 3 is 2.86 bits per heavy atom. The van der Waals surface area contributed by atoms with Crippen LogP contribution in [0.15, 0.2) is 36.7 Å². The lowest BCUT2D eigenvalue weighted by molar-refractivity contribution is 0.0690. The van der Waals surface area contributed by atoms with E-state index in [1.807, 2.05) is 18.2 Å². The second-order valence-electron chi connectivity index (χ2n) is 5.05. The third-order valence-electron chi connectivity index (χ3n) is 3.69. The minimum atomic E-state index is -1.06. The lowest BCUT2D eigenvalue weighted by atomic mass is 9.99. The molecule has 0 bridgehead atoms. The summed E-state index contributed by atoms with van der Waals surface area (Å²) in [5.41, 5.74) is 1.18. The first kappa shape index (κ1) is 13.8. The molecule has 1 N–H and O–H groups in total. The quantitative estimate of drug-likeness (QED) is 0.944. The van der Waals surface area contributed by atoms with Gasteiger partial charge in [-0.3, -0.25) is 0 Å². The summed E-state index contributed by atoms with van der Waals surface area (Å²) in [6.07, 6.45) is 3.83. The van der Waals surface area contributed by atoms with Crippen LogP contribution in [0.3, 0.4) is 0 Å². The molecule has 3 rings (SSSR count). The van der Waals surface area contributed by atoms with Gasteiger partial charge in [0.05, 0.1) is 12.4 Å². The van der Waals surface area contributed by atoms with Crippen LogP contribution in [0.2, 0.25) is 5.02 Å². The molecule has 2 aromatic rings. The Bertz CT molecular complexity index is 660. The normalized spacial score (nSPS) is 18.0. The minimum Gasteiger partial charge on any atom is -0.476 e. The molecule has 1 aliphatic heterocycles. The third-order valence-corrected chi connectivity index (χ3v) is 3.92. The predicted molar refractivity (Wildman–Crippen MR) is 80.0 cm³/mol. The summed E-state index contributed by atoms with van der Waals surface area (Å²) < 4.78 is 0. The summed E-state index contributed by atoms with van der Waals surface area (Å²) in [5.74, 6) is 0.0569. The molecule has 1 aliphatic rings. The molecule has 0 radical (unpaired) electrons. The summed E-state index contributed by atoms with van der Waals surface area (Å²) in [6, 6.07) is 7.91. The van der Waals surface area contributed by atoms with Crippen molar-refractivity contribution in [3.8, 4) is 0 Å². The molecular weight excluding hydrogens is 290 g/mol. The van der Waals surface area contributed by atoms with Gasteiger partial charge in [0.25, 0.3) is 0 Å². The van der Waals surface area contributed by atoms with Gasteiger partial charge in [-0.05, 0) is 24.1 Å². The van der Waals surface area contributed by atoms with Gasteiger partial charge in [-0.1, -0.05) is 23.7 Å².